The Morgan fingerprint density at radius 1 is 1.00 bits per heavy atom. The normalized spacial score (nSPS) is 11.9. The molecule has 0 unspecified atom stereocenters. The monoisotopic (exact) mass is 265 g/mol. The molecule has 6 heteroatoms. The number of nitrogens with one attached hydrogen (secondary N) is 2. The number of halogens is 1. The zero-order chi connectivity index (χ0) is 12.7. The highest BCUT2D eigenvalue weighted by molar-refractivity contribution is 5.85. The summed E-state index contributed by atoms with van der Waals surface area (Å²) in [4.78, 5) is 22.6. The fourth-order valence-corrected chi connectivity index (χ4v) is 0.996. The highest BCUT2D eigenvalue weighted by Crippen LogP contribution is 1.97. The topological polar surface area (TPSA) is 84.2 Å². The third kappa shape index (κ3) is 7.99. The molecule has 0 heterocycles. The Labute approximate surface area is 109 Å². The van der Waals surface area contributed by atoms with Gasteiger partial charge in [-0.1, -0.05) is 27.7 Å². The second-order valence-electron chi connectivity index (χ2n) is 4.51. The number of hydrogen-bond donors (Lipinski definition) is 3. The molecule has 17 heavy (non-hydrogen) atoms. The molecule has 5 nitrogen and oxygen atoms in total. The van der Waals surface area contributed by atoms with E-state index < -0.39 is 6.04 Å². The van der Waals surface area contributed by atoms with E-state index in [0.29, 0.717) is 13.1 Å². The van der Waals surface area contributed by atoms with Crippen molar-refractivity contribution in [1.29, 1.82) is 0 Å². The minimum Gasteiger partial charge on any atom is -0.354 e. The van der Waals surface area contributed by atoms with Gasteiger partial charge in [0.05, 0.1) is 6.04 Å². The molecule has 0 spiro atoms. The van der Waals surface area contributed by atoms with Gasteiger partial charge < -0.3 is 16.4 Å². The molecule has 1 atom stereocenters. The van der Waals surface area contributed by atoms with E-state index in [4.69, 9.17) is 5.73 Å². The molecule has 0 saturated heterocycles. The molecule has 4 N–H and O–H groups in total. The molecule has 0 aliphatic rings. The van der Waals surface area contributed by atoms with Crippen molar-refractivity contribution in [3.05, 3.63) is 0 Å². The minimum atomic E-state index is -0.485. The van der Waals surface area contributed by atoms with Crippen LogP contribution in [0.4, 0.5) is 0 Å². The van der Waals surface area contributed by atoms with Gasteiger partial charge in [-0.15, -0.1) is 12.4 Å². The highest BCUT2D eigenvalue weighted by Gasteiger charge is 2.16. The molecule has 0 bridgehead atoms. The van der Waals surface area contributed by atoms with Crippen LogP contribution in [0.3, 0.4) is 0 Å². The van der Waals surface area contributed by atoms with E-state index in [-0.39, 0.29) is 36.1 Å². The number of rotatable bonds is 6. The second kappa shape index (κ2) is 9.24. The van der Waals surface area contributed by atoms with Crippen molar-refractivity contribution in [2.24, 2.45) is 17.6 Å². The third-order valence-corrected chi connectivity index (χ3v) is 2.27. The van der Waals surface area contributed by atoms with E-state index in [1.807, 2.05) is 27.7 Å². The van der Waals surface area contributed by atoms with Crippen LogP contribution in [-0.4, -0.2) is 30.9 Å². The number of carbonyl (C=O) groups excluding carboxylic acids is 2. The number of hydrogen-bond acceptors (Lipinski definition) is 3. The van der Waals surface area contributed by atoms with Crippen LogP contribution in [0.5, 0.6) is 0 Å². The second-order valence-corrected chi connectivity index (χ2v) is 4.51. The Morgan fingerprint density at radius 3 is 1.76 bits per heavy atom. The lowest BCUT2D eigenvalue weighted by Crippen LogP contribution is -2.46. The van der Waals surface area contributed by atoms with Crippen molar-refractivity contribution in [3.8, 4) is 0 Å². The summed E-state index contributed by atoms with van der Waals surface area (Å²) < 4.78 is 0. The molecule has 0 rings (SSSR count). The standard InChI is InChI=1S/C11H23N3O2.ClH/c1-7(2)9(12)11(16)14-6-5-13-10(15)8(3)4;/h7-9H,5-6,12H2,1-4H3,(H,13,15)(H,14,16);1H/t9-;/m0./s1. The summed E-state index contributed by atoms with van der Waals surface area (Å²) in [5.74, 6) is -0.102. The summed E-state index contributed by atoms with van der Waals surface area (Å²) in [6.45, 7) is 8.28. The van der Waals surface area contributed by atoms with Crippen molar-refractivity contribution in [2.75, 3.05) is 13.1 Å². The molecule has 0 aromatic carbocycles. The first-order valence-electron chi connectivity index (χ1n) is 5.67. The van der Waals surface area contributed by atoms with Crippen LogP contribution >= 0.6 is 12.4 Å². The van der Waals surface area contributed by atoms with Gasteiger partial charge >= 0.3 is 0 Å². The van der Waals surface area contributed by atoms with Crippen molar-refractivity contribution < 1.29 is 9.59 Å². The Kier molecular flexibility index (Phi) is 10.1. The van der Waals surface area contributed by atoms with Crippen molar-refractivity contribution in [3.63, 3.8) is 0 Å². The van der Waals surface area contributed by atoms with Gasteiger partial charge in [-0.2, -0.15) is 0 Å². The molecule has 0 aromatic rings. The first-order chi connectivity index (χ1) is 7.36. The van der Waals surface area contributed by atoms with Crippen LogP contribution < -0.4 is 16.4 Å². The largest absolute Gasteiger partial charge is 0.354 e. The highest BCUT2D eigenvalue weighted by atomic mass is 35.5. The van der Waals surface area contributed by atoms with Gasteiger partial charge in [0.15, 0.2) is 0 Å². The summed E-state index contributed by atoms with van der Waals surface area (Å²) in [6, 6.07) is -0.485. The van der Waals surface area contributed by atoms with Crippen LogP contribution in [0.15, 0.2) is 0 Å². The molecular weight excluding hydrogens is 242 g/mol. The summed E-state index contributed by atoms with van der Waals surface area (Å²) in [6.07, 6.45) is 0. The van der Waals surface area contributed by atoms with Gasteiger partial charge in [0, 0.05) is 19.0 Å². The predicted molar refractivity (Wildman–Crippen MR) is 70.9 cm³/mol. The van der Waals surface area contributed by atoms with Crippen LogP contribution in [0.2, 0.25) is 0 Å². The Hall–Kier alpha value is -0.810. The van der Waals surface area contributed by atoms with Crippen molar-refractivity contribution in [2.45, 2.75) is 33.7 Å². The smallest absolute Gasteiger partial charge is 0.237 e. The molecule has 0 fully saturated rings. The van der Waals surface area contributed by atoms with Gasteiger partial charge in [0.25, 0.3) is 0 Å². The molecule has 0 aliphatic heterocycles. The summed E-state index contributed by atoms with van der Waals surface area (Å²) in [5.41, 5.74) is 5.65. The van der Waals surface area contributed by atoms with E-state index in [2.05, 4.69) is 10.6 Å². The average Bonchev–Trinajstić information content (AvgIpc) is 2.22. The first-order valence-corrected chi connectivity index (χ1v) is 5.67. The number of carbonyl (C=O) groups is 2. The Balaban J connectivity index is 0. The average molecular weight is 266 g/mol. The lowest BCUT2D eigenvalue weighted by Gasteiger charge is -2.15. The van der Waals surface area contributed by atoms with Gasteiger partial charge in [-0.25, -0.2) is 0 Å². The van der Waals surface area contributed by atoms with E-state index in [0.717, 1.165) is 0 Å². The summed E-state index contributed by atoms with van der Waals surface area (Å²) in [5, 5.41) is 5.39. The fourth-order valence-electron chi connectivity index (χ4n) is 0.996. The zero-order valence-electron chi connectivity index (χ0n) is 10.9. The SMILES string of the molecule is CC(C)C(=O)NCCNC(=O)[C@@H](N)C(C)C.Cl. The van der Waals surface area contributed by atoms with Gasteiger partial charge in [0.1, 0.15) is 0 Å². The van der Waals surface area contributed by atoms with Crippen LogP contribution in [0, 0.1) is 11.8 Å². The van der Waals surface area contributed by atoms with Gasteiger partial charge in [0.2, 0.25) is 11.8 Å². The van der Waals surface area contributed by atoms with Crippen LogP contribution in [0.1, 0.15) is 27.7 Å². The quantitative estimate of drug-likeness (QED) is 0.603. The molecular formula is C11H24ClN3O2. The summed E-state index contributed by atoms with van der Waals surface area (Å²) >= 11 is 0. The van der Waals surface area contributed by atoms with Gasteiger partial charge in [-0.3, -0.25) is 9.59 Å². The van der Waals surface area contributed by atoms with Crippen molar-refractivity contribution >= 4 is 24.2 Å². The molecule has 0 saturated carbocycles. The Bertz CT molecular complexity index is 245. The molecule has 0 aromatic heterocycles. The van der Waals surface area contributed by atoms with Crippen LogP contribution in [-0.2, 0) is 9.59 Å². The van der Waals surface area contributed by atoms with E-state index in [9.17, 15) is 9.59 Å². The zero-order valence-corrected chi connectivity index (χ0v) is 11.8. The first kappa shape index (κ1) is 18.6. The number of amides is 2. The minimum absolute atomic E-state index is 0. The lowest BCUT2D eigenvalue weighted by molar-refractivity contribution is -0.125. The predicted octanol–water partition coefficient (Wildman–Crippen LogP) is 0.280. The maximum absolute atomic E-state index is 11.4. The van der Waals surface area contributed by atoms with Crippen LogP contribution in [0.25, 0.3) is 0 Å². The summed E-state index contributed by atoms with van der Waals surface area (Å²) in [7, 11) is 0. The molecule has 102 valence electrons. The fraction of sp³-hybridized carbons (Fsp3) is 0.818. The number of nitrogens with two attached hydrogens (primary N) is 1. The Morgan fingerprint density at radius 2 is 1.41 bits per heavy atom. The molecule has 0 aliphatic carbocycles. The van der Waals surface area contributed by atoms with E-state index in [1.54, 1.807) is 0 Å². The molecule has 0 radical (unpaired) electrons. The van der Waals surface area contributed by atoms with E-state index >= 15 is 0 Å². The van der Waals surface area contributed by atoms with Crippen molar-refractivity contribution in [1.82, 2.24) is 10.6 Å². The molecule has 2 amide bonds. The maximum atomic E-state index is 11.4. The van der Waals surface area contributed by atoms with Gasteiger partial charge in [-0.05, 0) is 5.92 Å². The third-order valence-electron chi connectivity index (χ3n) is 2.27. The lowest BCUT2D eigenvalue weighted by atomic mass is 10.1. The van der Waals surface area contributed by atoms with E-state index in [1.165, 1.54) is 0 Å². The maximum Gasteiger partial charge on any atom is 0.237 e.